The number of benzene rings is 1. The fourth-order valence-corrected chi connectivity index (χ4v) is 4.82. The smallest absolute Gasteiger partial charge is 0.295 e. The highest BCUT2D eigenvalue weighted by Gasteiger charge is 2.46. The predicted octanol–water partition coefficient (Wildman–Crippen LogP) is 4.37. The van der Waals surface area contributed by atoms with Gasteiger partial charge in [-0.05, 0) is 69.6 Å². The zero-order valence-corrected chi connectivity index (χ0v) is 23.8. The number of ketones is 1. The summed E-state index contributed by atoms with van der Waals surface area (Å²) in [6, 6.07) is 8.41. The van der Waals surface area contributed by atoms with Crippen LogP contribution in [-0.4, -0.2) is 76.9 Å². The first kappa shape index (κ1) is 28.2. The number of aromatic nitrogens is 2. The van der Waals surface area contributed by atoms with Crippen LogP contribution in [0.4, 0.5) is 0 Å². The largest absolute Gasteiger partial charge is 0.505 e. The zero-order chi connectivity index (χ0) is 28.4. The number of hydrogen-bond donors (Lipinski definition) is 1. The second kappa shape index (κ2) is 11.5. The molecular formula is C30H38N4O5. The summed E-state index contributed by atoms with van der Waals surface area (Å²) >= 11 is 0. The van der Waals surface area contributed by atoms with Crippen molar-refractivity contribution in [2.75, 3.05) is 40.9 Å². The molecule has 208 valence electrons. The maximum absolute atomic E-state index is 13.5. The Balaban J connectivity index is 1.85. The molecule has 9 nitrogen and oxygen atoms in total. The lowest BCUT2D eigenvalue weighted by atomic mass is 9.96. The van der Waals surface area contributed by atoms with Gasteiger partial charge in [-0.25, -0.2) is 4.98 Å². The molecule has 1 aromatic carbocycles. The third-order valence-corrected chi connectivity index (χ3v) is 7.09. The van der Waals surface area contributed by atoms with Gasteiger partial charge in [0.2, 0.25) is 0 Å². The number of aryl methyl sites for hydroxylation is 2. The van der Waals surface area contributed by atoms with E-state index in [2.05, 4.69) is 18.8 Å². The standard InChI is InChI=1S/C30H38N4O5/c1-18(2)12-16-39-22-11-10-21(17-23(22)38-7)26-24(28(36)30(37)34(26)15-14-32(5)6)27(35)25-20(4)33-13-8-9-19(3)29(33)31-25/h8-11,13,17-18,26,35H,12,14-16H2,1-7H3/b27-24+. The number of fused-ring (bicyclic) bond motifs is 1. The van der Waals surface area contributed by atoms with Crippen LogP contribution in [0.15, 0.2) is 42.1 Å². The van der Waals surface area contributed by atoms with Crippen molar-refractivity contribution in [1.82, 2.24) is 19.2 Å². The quantitative estimate of drug-likeness (QED) is 0.234. The molecule has 0 radical (unpaired) electrons. The number of aliphatic hydroxyl groups excluding tert-OH is 1. The second-order valence-corrected chi connectivity index (χ2v) is 10.7. The molecule has 1 aliphatic rings. The van der Waals surface area contributed by atoms with Crippen molar-refractivity contribution in [3.05, 3.63) is 64.6 Å². The molecule has 1 fully saturated rings. The zero-order valence-electron chi connectivity index (χ0n) is 23.8. The molecule has 1 aliphatic heterocycles. The normalized spacial score (nSPS) is 17.2. The first-order valence-corrected chi connectivity index (χ1v) is 13.2. The molecule has 39 heavy (non-hydrogen) atoms. The van der Waals surface area contributed by atoms with E-state index in [1.807, 2.05) is 61.6 Å². The highest BCUT2D eigenvalue weighted by molar-refractivity contribution is 6.46. The molecule has 0 spiro atoms. The van der Waals surface area contributed by atoms with Gasteiger partial charge >= 0.3 is 0 Å². The van der Waals surface area contributed by atoms with E-state index in [1.54, 1.807) is 19.2 Å². The molecule has 3 aromatic rings. The number of rotatable bonds is 10. The van der Waals surface area contributed by atoms with Crippen molar-refractivity contribution in [3.8, 4) is 11.5 Å². The van der Waals surface area contributed by atoms with Crippen LogP contribution < -0.4 is 9.47 Å². The Morgan fingerprint density at radius 1 is 1.15 bits per heavy atom. The SMILES string of the molecule is COc1cc(C2/C(=C(\O)c3nc4c(C)cccn4c3C)C(=O)C(=O)N2CCN(C)C)ccc1OCCC(C)C. The van der Waals surface area contributed by atoms with Crippen molar-refractivity contribution < 1.29 is 24.2 Å². The van der Waals surface area contributed by atoms with Crippen LogP contribution in [0.1, 0.15) is 48.8 Å². The fraction of sp³-hybridized carbons (Fsp3) is 0.433. The van der Waals surface area contributed by atoms with E-state index in [0.29, 0.717) is 54.0 Å². The minimum Gasteiger partial charge on any atom is -0.505 e. The fourth-order valence-electron chi connectivity index (χ4n) is 4.82. The van der Waals surface area contributed by atoms with Gasteiger partial charge in [0.1, 0.15) is 11.3 Å². The summed E-state index contributed by atoms with van der Waals surface area (Å²) in [5.74, 6) is -0.105. The van der Waals surface area contributed by atoms with E-state index in [1.165, 1.54) is 4.90 Å². The van der Waals surface area contributed by atoms with Crippen LogP contribution in [0.3, 0.4) is 0 Å². The predicted molar refractivity (Wildman–Crippen MR) is 150 cm³/mol. The van der Waals surface area contributed by atoms with Gasteiger partial charge in [-0.3, -0.25) is 9.59 Å². The molecule has 1 atom stereocenters. The molecule has 9 heteroatoms. The van der Waals surface area contributed by atoms with E-state index >= 15 is 0 Å². The van der Waals surface area contributed by atoms with E-state index in [-0.39, 0.29) is 17.0 Å². The van der Waals surface area contributed by atoms with Crippen molar-refractivity contribution in [2.45, 2.75) is 40.2 Å². The molecule has 3 heterocycles. The molecule has 1 amide bonds. The number of carbonyl (C=O) groups excluding carboxylic acids is 2. The number of Topliss-reactive ketones (excluding diaryl/α,β-unsaturated/α-hetero) is 1. The second-order valence-electron chi connectivity index (χ2n) is 10.7. The average molecular weight is 535 g/mol. The first-order chi connectivity index (χ1) is 18.5. The number of likely N-dealkylation sites (N-methyl/N-ethyl adjacent to an activating group) is 1. The van der Waals surface area contributed by atoms with Crippen LogP contribution in [-0.2, 0) is 9.59 Å². The van der Waals surface area contributed by atoms with Crippen molar-refractivity contribution in [1.29, 1.82) is 0 Å². The molecule has 1 saturated heterocycles. The highest BCUT2D eigenvalue weighted by Crippen LogP contribution is 2.42. The molecule has 0 bridgehead atoms. The van der Waals surface area contributed by atoms with Gasteiger partial charge in [0, 0.05) is 19.3 Å². The number of carbonyl (C=O) groups is 2. The summed E-state index contributed by atoms with van der Waals surface area (Å²) in [6.07, 6.45) is 2.75. The summed E-state index contributed by atoms with van der Waals surface area (Å²) in [5.41, 5.74) is 3.22. The summed E-state index contributed by atoms with van der Waals surface area (Å²) < 4.78 is 13.5. The molecule has 0 aliphatic carbocycles. The van der Waals surface area contributed by atoms with E-state index < -0.39 is 17.7 Å². The van der Waals surface area contributed by atoms with Gasteiger partial charge < -0.3 is 28.8 Å². The Bertz CT molecular complexity index is 1420. The van der Waals surface area contributed by atoms with Gasteiger partial charge in [-0.2, -0.15) is 0 Å². The van der Waals surface area contributed by atoms with Crippen molar-refractivity contribution in [3.63, 3.8) is 0 Å². The number of imidazole rings is 1. The molecule has 0 saturated carbocycles. The topological polar surface area (TPSA) is 96.6 Å². The summed E-state index contributed by atoms with van der Waals surface area (Å²) in [7, 11) is 5.36. The molecule has 1 unspecified atom stereocenters. The monoisotopic (exact) mass is 534 g/mol. The Labute approximate surface area is 229 Å². The number of methoxy groups -OCH3 is 1. The Morgan fingerprint density at radius 2 is 1.90 bits per heavy atom. The van der Waals surface area contributed by atoms with Gasteiger partial charge in [-0.15, -0.1) is 0 Å². The molecule has 4 rings (SSSR count). The van der Waals surface area contributed by atoms with Crippen LogP contribution in [0.5, 0.6) is 11.5 Å². The highest BCUT2D eigenvalue weighted by atomic mass is 16.5. The summed E-state index contributed by atoms with van der Waals surface area (Å²) in [6.45, 7) is 9.42. The van der Waals surface area contributed by atoms with Gasteiger partial charge in [-0.1, -0.05) is 26.0 Å². The third kappa shape index (κ3) is 5.49. The van der Waals surface area contributed by atoms with Crippen LogP contribution >= 0.6 is 0 Å². The van der Waals surface area contributed by atoms with E-state index in [9.17, 15) is 14.7 Å². The number of pyridine rings is 1. The lowest BCUT2D eigenvalue weighted by molar-refractivity contribution is -0.140. The van der Waals surface area contributed by atoms with Gasteiger partial charge in [0.15, 0.2) is 17.3 Å². The molecule has 2 aromatic heterocycles. The number of nitrogens with zero attached hydrogens (tertiary/aromatic N) is 4. The lowest BCUT2D eigenvalue weighted by Crippen LogP contribution is -2.35. The first-order valence-electron chi connectivity index (χ1n) is 13.2. The third-order valence-electron chi connectivity index (χ3n) is 7.09. The summed E-state index contributed by atoms with van der Waals surface area (Å²) in [4.78, 5) is 34.9. The maximum atomic E-state index is 13.5. The Kier molecular flexibility index (Phi) is 8.30. The van der Waals surface area contributed by atoms with Crippen LogP contribution in [0.25, 0.3) is 11.4 Å². The number of aliphatic hydroxyl groups is 1. The lowest BCUT2D eigenvalue weighted by Gasteiger charge is -2.27. The van der Waals surface area contributed by atoms with Gasteiger partial charge in [0.25, 0.3) is 11.7 Å². The Morgan fingerprint density at radius 3 is 2.54 bits per heavy atom. The maximum Gasteiger partial charge on any atom is 0.295 e. The van der Waals surface area contributed by atoms with Crippen molar-refractivity contribution in [2.24, 2.45) is 5.92 Å². The Hall–Kier alpha value is -3.85. The van der Waals surface area contributed by atoms with E-state index in [0.717, 1.165) is 12.0 Å². The summed E-state index contributed by atoms with van der Waals surface area (Å²) in [5, 5.41) is 11.6. The van der Waals surface area contributed by atoms with E-state index in [4.69, 9.17) is 9.47 Å². The van der Waals surface area contributed by atoms with Crippen LogP contribution in [0.2, 0.25) is 0 Å². The molecular weight excluding hydrogens is 496 g/mol. The minimum atomic E-state index is -0.811. The number of amides is 1. The average Bonchev–Trinajstić information content (AvgIpc) is 3.36. The van der Waals surface area contributed by atoms with Crippen molar-refractivity contribution >= 4 is 23.1 Å². The number of likely N-dealkylation sites (tertiary alicyclic amines) is 1. The van der Waals surface area contributed by atoms with Gasteiger partial charge in [0.05, 0.1) is 31.0 Å². The number of ether oxygens (including phenoxy) is 2. The van der Waals surface area contributed by atoms with Crippen LogP contribution in [0, 0.1) is 19.8 Å². The minimum absolute atomic E-state index is 0.0124. The number of hydrogen-bond acceptors (Lipinski definition) is 7. The molecule has 1 N–H and O–H groups in total.